The molecule has 2 aliphatic rings. The number of carbonyl (C=O) groups is 1. The fraction of sp³-hybridized carbons (Fsp3) is 0.914. The average Bonchev–Trinajstić information content (AvgIpc) is 3.59. The molecule has 252 valence electrons. The normalized spacial score (nSPS) is 24.0. The Morgan fingerprint density at radius 2 is 1.14 bits per heavy atom. The van der Waals surface area contributed by atoms with Crippen LogP contribution in [-0.2, 0) is 14.3 Å². The number of aliphatic hydroxyl groups excluding tert-OH is 5. The molecule has 8 atom stereocenters. The minimum atomic E-state index is -0.833. The first-order valence-electron chi connectivity index (χ1n) is 17.7. The fourth-order valence-corrected chi connectivity index (χ4v) is 6.44. The maximum absolute atomic E-state index is 11.7. The lowest BCUT2D eigenvalue weighted by Gasteiger charge is -2.23. The van der Waals surface area contributed by atoms with Gasteiger partial charge in [0, 0.05) is 12.0 Å². The van der Waals surface area contributed by atoms with E-state index in [2.05, 4.69) is 6.92 Å². The van der Waals surface area contributed by atoms with E-state index in [-0.39, 0.29) is 24.3 Å². The molecular weight excluding hydrogens is 548 g/mol. The van der Waals surface area contributed by atoms with Crippen LogP contribution in [0.4, 0.5) is 0 Å². The zero-order valence-corrected chi connectivity index (χ0v) is 27.2. The highest BCUT2D eigenvalue weighted by molar-refractivity contribution is 5.90. The van der Waals surface area contributed by atoms with Crippen molar-refractivity contribution in [3.05, 3.63) is 11.6 Å². The van der Waals surface area contributed by atoms with Gasteiger partial charge in [0.05, 0.1) is 42.7 Å². The van der Waals surface area contributed by atoms with E-state index < -0.39 is 30.5 Å². The van der Waals surface area contributed by atoms with Crippen molar-refractivity contribution in [1.29, 1.82) is 0 Å². The van der Waals surface area contributed by atoms with E-state index in [0.29, 0.717) is 44.1 Å². The van der Waals surface area contributed by atoms with Crippen LogP contribution in [0.1, 0.15) is 155 Å². The predicted molar refractivity (Wildman–Crippen MR) is 170 cm³/mol. The lowest BCUT2D eigenvalue weighted by Crippen LogP contribution is -2.31. The average molecular weight is 613 g/mol. The van der Waals surface area contributed by atoms with Crippen molar-refractivity contribution in [2.24, 2.45) is 0 Å². The molecule has 2 heterocycles. The monoisotopic (exact) mass is 612 g/mol. The molecule has 0 saturated carbocycles. The maximum Gasteiger partial charge on any atom is 0.334 e. The van der Waals surface area contributed by atoms with Crippen molar-refractivity contribution in [1.82, 2.24) is 0 Å². The van der Waals surface area contributed by atoms with Gasteiger partial charge in [-0.15, -0.1) is 0 Å². The van der Waals surface area contributed by atoms with Crippen LogP contribution >= 0.6 is 0 Å². The van der Waals surface area contributed by atoms with Gasteiger partial charge in [-0.05, 0) is 64.4 Å². The van der Waals surface area contributed by atoms with Gasteiger partial charge in [0.15, 0.2) is 0 Å². The predicted octanol–water partition coefficient (Wildman–Crippen LogP) is 6.03. The molecule has 5 N–H and O–H groups in total. The smallest absolute Gasteiger partial charge is 0.334 e. The molecule has 1 saturated heterocycles. The van der Waals surface area contributed by atoms with Crippen LogP contribution in [0.5, 0.6) is 0 Å². The Kier molecular flexibility index (Phi) is 19.9. The van der Waals surface area contributed by atoms with E-state index in [0.717, 1.165) is 51.4 Å². The summed E-state index contributed by atoms with van der Waals surface area (Å²) in [5.74, 6) is -0.343. The Bertz CT molecular complexity index is 758. The minimum absolute atomic E-state index is 0.202. The lowest BCUT2D eigenvalue weighted by atomic mass is 9.97. The Labute approximate surface area is 261 Å². The summed E-state index contributed by atoms with van der Waals surface area (Å²) in [5, 5.41) is 52.1. The molecule has 0 aromatic heterocycles. The minimum Gasteiger partial charge on any atom is -0.455 e. The second-order valence-corrected chi connectivity index (χ2v) is 13.3. The van der Waals surface area contributed by atoms with Gasteiger partial charge in [0.2, 0.25) is 0 Å². The van der Waals surface area contributed by atoms with Gasteiger partial charge in [0.25, 0.3) is 0 Å². The van der Waals surface area contributed by atoms with Crippen LogP contribution in [0.15, 0.2) is 11.6 Å². The number of unbranched alkanes of at least 4 members (excludes halogenated alkanes) is 11. The molecule has 1 fully saturated rings. The standard InChI is InChI=1S/C35H64O8/c1-3-4-5-6-7-8-9-10-11-14-19-31(39)33-22-23-34(43-33)32(40)21-16-20-30(38)29(37)18-15-12-13-17-28(36)25-27-24-26(2)42-35(27)41/h24,26,28-34,36-40H,3-23,25H2,1-2H3/t26-,28+,29+,30+,31+,32+,33+,34+/m0/s1. The van der Waals surface area contributed by atoms with Crippen molar-refractivity contribution in [3.8, 4) is 0 Å². The Hall–Kier alpha value is -1.03. The zero-order valence-electron chi connectivity index (χ0n) is 27.2. The highest BCUT2D eigenvalue weighted by Gasteiger charge is 2.34. The number of hydrogen-bond acceptors (Lipinski definition) is 8. The number of hydrogen-bond donors (Lipinski definition) is 5. The topological polar surface area (TPSA) is 137 Å². The third-order valence-electron chi connectivity index (χ3n) is 9.22. The van der Waals surface area contributed by atoms with Crippen LogP contribution < -0.4 is 0 Å². The van der Waals surface area contributed by atoms with E-state index in [1.54, 1.807) is 13.0 Å². The first-order valence-corrected chi connectivity index (χ1v) is 17.7. The summed E-state index contributed by atoms with van der Waals surface area (Å²) in [6.07, 6.45) is 17.9. The zero-order chi connectivity index (χ0) is 31.5. The van der Waals surface area contributed by atoms with Gasteiger partial charge in [-0.25, -0.2) is 4.79 Å². The summed E-state index contributed by atoms with van der Waals surface area (Å²) in [4.78, 5) is 11.7. The maximum atomic E-state index is 11.7. The fourth-order valence-electron chi connectivity index (χ4n) is 6.44. The summed E-state index contributed by atoms with van der Waals surface area (Å²) in [5.41, 5.74) is 0.542. The van der Waals surface area contributed by atoms with Gasteiger partial charge < -0.3 is 35.0 Å². The highest BCUT2D eigenvalue weighted by atomic mass is 16.5. The van der Waals surface area contributed by atoms with Gasteiger partial charge in [-0.1, -0.05) is 90.4 Å². The summed E-state index contributed by atoms with van der Waals surface area (Å²) in [6, 6.07) is 0. The largest absolute Gasteiger partial charge is 0.455 e. The van der Waals surface area contributed by atoms with E-state index in [1.807, 2.05) is 0 Å². The Morgan fingerprint density at radius 1 is 0.674 bits per heavy atom. The van der Waals surface area contributed by atoms with Gasteiger partial charge >= 0.3 is 5.97 Å². The molecule has 8 nitrogen and oxygen atoms in total. The summed E-state index contributed by atoms with van der Waals surface area (Å²) >= 11 is 0. The van der Waals surface area contributed by atoms with Gasteiger partial charge in [-0.3, -0.25) is 0 Å². The van der Waals surface area contributed by atoms with Gasteiger partial charge in [-0.2, -0.15) is 0 Å². The van der Waals surface area contributed by atoms with Crippen LogP contribution in [0.3, 0.4) is 0 Å². The van der Waals surface area contributed by atoms with Crippen molar-refractivity contribution in [2.45, 2.75) is 204 Å². The molecule has 0 amide bonds. The summed E-state index contributed by atoms with van der Waals surface area (Å²) in [6.45, 7) is 4.04. The lowest BCUT2D eigenvalue weighted by molar-refractivity contribution is -0.139. The van der Waals surface area contributed by atoms with Crippen molar-refractivity contribution in [2.75, 3.05) is 0 Å². The number of esters is 1. The third kappa shape index (κ3) is 16.2. The number of carbonyl (C=O) groups excluding carboxylic acids is 1. The molecule has 43 heavy (non-hydrogen) atoms. The van der Waals surface area contributed by atoms with E-state index in [9.17, 15) is 30.3 Å². The number of rotatable bonds is 26. The van der Waals surface area contributed by atoms with Crippen LogP contribution in [0.25, 0.3) is 0 Å². The molecule has 0 aliphatic carbocycles. The summed E-state index contributed by atoms with van der Waals surface area (Å²) < 4.78 is 11.1. The molecule has 0 radical (unpaired) electrons. The highest BCUT2D eigenvalue weighted by Crippen LogP contribution is 2.28. The molecule has 0 unspecified atom stereocenters. The second-order valence-electron chi connectivity index (χ2n) is 13.3. The first-order chi connectivity index (χ1) is 20.7. The van der Waals surface area contributed by atoms with Crippen LogP contribution in [-0.4, -0.2) is 80.3 Å². The Morgan fingerprint density at radius 3 is 1.70 bits per heavy atom. The van der Waals surface area contributed by atoms with Gasteiger partial charge in [0.1, 0.15) is 6.10 Å². The molecule has 2 aliphatic heterocycles. The molecule has 0 bridgehead atoms. The third-order valence-corrected chi connectivity index (χ3v) is 9.22. The van der Waals surface area contributed by atoms with E-state index in [4.69, 9.17) is 9.47 Å². The molecule has 0 aromatic carbocycles. The molecular formula is C35H64O8. The van der Waals surface area contributed by atoms with Crippen molar-refractivity contribution in [3.63, 3.8) is 0 Å². The molecule has 0 spiro atoms. The van der Waals surface area contributed by atoms with Crippen molar-refractivity contribution < 1.29 is 39.8 Å². The molecule has 8 heteroatoms. The first kappa shape index (κ1) is 38.2. The van der Waals surface area contributed by atoms with E-state index >= 15 is 0 Å². The number of ether oxygens (including phenoxy) is 2. The van der Waals surface area contributed by atoms with Crippen LogP contribution in [0, 0.1) is 0 Å². The Balaban J connectivity index is 1.46. The van der Waals surface area contributed by atoms with E-state index in [1.165, 1.54) is 51.4 Å². The van der Waals surface area contributed by atoms with Crippen LogP contribution in [0.2, 0.25) is 0 Å². The molecule has 2 rings (SSSR count). The second kappa shape index (κ2) is 22.5. The quantitative estimate of drug-likeness (QED) is 0.0590. The molecule has 0 aromatic rings. The van der Waals surface area contributed by atoms with Crippen molar-refractivity contribution >= 4 is 5.97 Å². The SMILES string of the molecule is CCCCCCCCCCCC[C@@H](O)[C@H]1CC[C@H]([C@H](O)CCC[C@@H](O)[C@H](O)CCCCC[C@@H](O)CC2=C[C@H](C)OC2=O)O1. The summed E-state index contributed by atoms with van der Waals surface area (Å²) in [7, 11) is 0. The number of aliphatic hydroxyl groups is 5. The number of cyclic esters (lactones) is 1.